The third-order valence-electron chi connectivity index (χ3n) is 2.58. The number of nitrogens with one attached hydrogen (secondary N) is 1. The predicted molar refractivity (Wildman–Crippen MR) is 65.8 cm³/mol. The molecule has 90 valence electrons. The zero-order chi connectivity index (χ0) is 13.0. The van der Waals surface area contributed by atoms with E-state index in [9.17, 15) is 4.79 Å². The molecule has 0 spiro atoms. The number of nitrogens with zero attached hydrogens (tertiary/aromatic N) is 1. The van der Waals surface area contributed by atoms with Gasteiger partial charge in [0.2, 0.25) is 0 Å². The van der Waals surface area contributed by atoms with Gasteiger partial charge in [-0.15, -0.1) is 0 Å². The van der Waals surface area contributed by atoms with E-state index in [2.05, 4.69) is 11.4 Å². The molecule has 0 fully saturated rings. The highest BCUT2D eigenvalue weighted by Crippen LogP contribution is 2.09. The van der Waals surface area contributed by atoms with E-state index in [4.69, 9.17) is 9.68 Å². The summed E-state index contributed by atoms with van der Waals surface area (Å²) in [4.78, 5) is 11.8. The Morgan fingerprint density at radius 2 is 2.28 bits per heavy atom. The van der Waals surface area contributed by atoms with E-state index in [0.29, 0.717) is 17.9 Å². The van der Waals surface area contributed by atoms with Gasteiger partial charge in [0.25, 0.3) is 5.91 Å². The zero-order valence-electron chi connectivity index (χ0n) is 9.93. The standard InChI is InChI=1S/C14H12N2O2/c1-10-5-6-18-13(10)14(17)16-9-12-4-2-3-11(7-12)8-15/h2-7H,9H2,1H3,(H,16,17). The van der Waals surface area contributed by atoms with Crippen molar-refractivity contribution in [2.45, 2.75) is 13.5 Å². The molecular formula is C14H12N2O2. The van der Waals surface area contributed by atoms with Crippen LogP contribution in [0.15, 0.2) is 41.0 Å². The molecule has 0 saturated heterocycles. The summed E-state index contributed by atoms with van der Waals surface area (Å²) < 4.78 is 5.10. The number of rotatable bonds is 3. The van der Waals surface area contributed by atoms with Crippen LogP contribution in [0.1, 0.15) is 27.2 Å². The topological polar surface area (TPSA) is 66.0 Å². The molecule has 1 N–H and O–H groups in total. The van der Waals surface area contributed by atoms with Crippen LogP contribution in [0, 0.1) is 18.3 Å². The smallest absolute Gasteiger partial charge is 0.287 e. The van der Waals surface area contributed by atoms with Crippen molar-refractivity contribution in [1.82, 2.24) is 5.32 Å². The van der Waals surface area contributed by atoms with Crippen LogP contribution in [0.2, 0.25) is 0 Å². The molecule has 1 amide bonds. The molecule has 0 aliphatic heterocycles. The maximum atomic E-state index is 11.8. The van der Waals surface area contributed by atoms with Gasteiger partial charge < -0.3 is 9.73 Å². The van der Waals surface area contributed by atoms with E-state index in [-0.39, 0.29) is 5.91 Å². The Kier molecular flexibility index (Phi) is 3.44. The van der Waals surface area contributed by atoms with E-state index < -0.39 is 0 Å². The first-order chi connectivity index (χ1) is 8.70. The van der Waals surface area contributed by atoms with Crippen LogP contribution in [0.25, 0.3) is 0 Å². The summed E-state index contributed by atoms with van der Waals surface area (Å²) in [6, 6.07) is 10.9. The van der Waals surface area contributed by atoms with E-state index in [1.54, 1.807) is 24.3 Å². The van der Waals surface area contributed by atoms with E-state index in [1.807, 2.05) is 13.0 Å². The van der Waals surface area contributed by atoms with Gasteiger partial charge in [-0.1, -0.05) is 12.1 Å². The maximum Gasteiger partial charge on any atom is 0.287 e. The predicted octanol–water partition coefficient (Wildman–Crippen LogP) is 2.39. The second kappa shape index (κ2) is 5.19. The third kappa shape index (κ3) is 2.58. The van der Waals surface area contributed by atoms with E-state index >= 15 is 0 Å². The number of amides is 1. The van der Waals surface area contributed by atoms with Crippen LogP contribution in [-0.2, 0) is 6.54 Å². The minimum atomic E-state index is -0.250. The second-order valence-electron chi connectivity index (χ2n) is 3.93. The molecule has 1 heterocycles. The minimum absolute atomic E-state index is 0.250. The van der Waals surface area contributed by atoms with Crippen molar-refractivity contribution >= 4 is 5.91 Å². The molecule has 1 aromatic carbocycles. The Labute approximate surface area is 105 Å². The quantitative estimate of drug-likeness (QED) is 0.895. The summed E-state index contributed by atoms with van der Waals surface area (Å²) in [6.07, 6.45) is 1.49. The fourth-order valence-electron chi connectivity index (χ4n) is 1.62. The van der Waals surface area contributed by atoms with Crippen LogP contribution >= 0.6 is 0 Å². The average Bonchev–Trinajstić information content (AvgIpc) is 2.82. The average molecular weight is 240 g/mol. The largest absolute Gasteiger partial charge is 0.459 e. The van der Waals surface area contributed by atoms with Gasteiger partial charge in [0, 0.05) is 12.1 Å². The first-order valence-electron chi connectivity index (χ1n) is 5.52. The molecule has 0 saturated carbocycles. The Morgan fingerprint density at radius 3 is 2.94 bits per heavy atom. The summed E-state index contributed by atoms with van der Waals surface area (Å²) >= 11 is 0. The molecule has 0 aliphatic carbocycles. The number of hydrogen-bond donors (Lipinski definition) is 1. The molecule has 4 heteroatoms. The molecule has 0 bridgehead atoms. The summed E-state index contributed by atoms with van der Waals surface area (Å²) in [5.41, 5.74) is 2.26. The van der Waals surface area contributed by atoms with E-state index in [1.165, 1.54) is 6.26 Å². The van der Waals surface area contributed by atoms with Crippen molar-refractivity contribution in [3.8, 4) is 6.07 Å². The van der Waals surface area contributed by atoms with Gasteiger partial charge in [-0.2, -0.15) is 5.26 Å². The van der Waals surface area contributed by atoms with Gasteiger partial charge in [-0.25, -0.2) is 0 Å². The Balaban J connectivity index is 2.02. The number of carbonyl (C=O) groups excluding carboxylic acids is 1. The number of carbonyl (C=O) groups is 1. The van der Waals surface area contributed by atoms with Gasteiger partial charge >= 0.3 is 0 Å². The molecule has 2 rings (SSSR count). The number of benzene rings is 1. The minimum Gasteiger partial charge on any atom is -0.459 e. The van der Waals surface area contributed by atoms with Crippen molar-refractivity contribution in [2.75, 3.05) is 0 Å². The first kappa shape index (κ1) is 11.9. The van der Waals surface area contributed by atoms with Crippen LogP contribution in [0.4, 0.5) is 0 Å². The third-order valence-corrected chi connectivity index (χ3v) is 2.58. The number of hydrogen-bond acceptors (Lipinski definition) is 3. The molecular weight excluding hydrogens is 228 g/mol. The monoisotopic (exact) mass is 240 g/mol. The molecule has 0 radical (unpaired) electrons. The second-order valence-corrected chi connectivity index (χ2v) is 3.93. The number of aryl methyl sites for hydroxylation is 1. The lowest BCUT2D eigenvalue weighted by Gasteiger charge is -2.04. The van der Waals surface area contributed by atoms with Gasteiger partial charge in [-0.3, -0.25) is 4.79 Å². The fraction of sp³-hybridized carbons (Fsp3) is 0.143. The Bertz CT molecular complexity index is 608. The van der Waals surface area contributed by atoms with Crippen LogP contribution in [0.3, 0.4) is 0 Å². The van der Waals surface area contributed by atoms with Crippen molar-refractivity contribution in [3.63, 3.8) is 0 Å². The summed E-state index contributed by atoms with van der Waals surface area (Å²) in [6.45, 7) is 2.18. The van der Waals surface area contributed by atoms with Gasteiger partial charge in [0.1, 0.15) is 0 Å². The molecule has 4 nitrogen and oxygen atoms in total. The SMILES string of the molecule is Cc1ccoc1C(=O)NCc1cccc(C#N)c1. The van der Waals surface area contributed by atoms with Crippen LogP contribution < -0.4 is 5.32 Å². The Morgan fingerprint density at radius 1 is 1.44 bits per heavy atom. The molecule has 0 unspecified atom stereocenters. The number of furan rings is 1. The van der Waals surface area contributed by atoms with Crippen molar-refractivity contribution in [1.29, 1.82) is 5.26 Å². The lowest BCUT2D eigenvalue weighted by Crippen LogP contribution is -2.22. The molecule has 1 aromatic heterocycles. The number of nitriles is 1. The lowest BCUT2D eigenvalue weighted by atomic mass is 10.1. The zero-order valence-corrected chi connectivity index (χ0v) is 9.93. The Hall–Kier alpha value is -2.54. The van der Waals surface area contributed by atoms with Gasteiger partial charge in [0.15, 0.2) is 5.76 Å². The molecule has 0 aliphatic rings. The summed E-state index contributed by atoms with van der Waals surface area (Å²) in [7, 11) is 0. The molecule has 0 atom stereocenters. The fourth-order valence-corrected chi connectivity index (χ4v) is 1.62. The van der Waals surface area contributed by atoms with Crippen LogP contribution in [0.5, 0.6) is 0 Å². The first-order valence-corrected chi connectivity index (χ1v) is 5.52. The lowest BCUT2D eigenvalue weighted by molar-refractivity contribution is 0.0922. The maximum absolute atomic E-state index is 11.8. The normalized spacial score (nSPS) is 9.78. The van der Waals surface area contributed by atoms with Gasteiger partial charge in [-0.05, 0) is 30.7 Å². The summed E-state index contributed by atoms with van der Waals surface area (Å²) in [5, 5.41) is 11.5. The molecule has 2 aromatic rings. The highest BCUT2D eigenvalue weighted by molar-refractivity contribution is 5.92. The highest BCUT2D eigenvalue weighted by Gasteiger charge is 2.11. The van der Waals surface area contributed by atoms with Gasteiger partial charge in [0.05, 0.1) is 17.9 Å². The van der Waals surface area contributed by atoms with Crippen molar-refractivity contribution in [3.05, 3.63) is 59.0 Å². The van der Waals surface area contributed by atoms with Crippen LogP contribution in [-0.4, -0.2) is 5.91 Å². The molecule has 18 heavy (non-hydrogen) atoms. The van der Waals surface area contributed by atoms with E-state index in [0.717, 1.165) is 11.1 Å². The van der Waals surface area contributed by atoms with Crippen molar-refractivity contribution < 1.29 is 9.21 Å². The summed E-state index contributed by atoms with van der Waals surface area (Å²) in [5.74, 6) is 0.0753. The van der Waals surface area contributed by atoms with Crippen molar-refractivity contribution in [2.24, 2.45) is 0 Å². The highest BCUT2D eigenvalue weighted by atomic mass is 16.3.